The van der Waals surface area contributed by atoms with Crippen molar-refractivity contribution in [3.63, 3.8) is 0 Å². The third kappa shape index (κ3) is 2.91. The molecule has 1 aromatic rings. The van der Waals surface area contributed by atoms with Crippen LogP contribution in [0.3, 0.4) is 0 Å². The fraction of sp³-hybridized carbons (Fsp3) is 0.231. The smallest absolute Gasteiger partial charge is 0.323 e. The lowest BCUT2D eigenvalue weighted by molar-refractivity contribution is -0.143. The number of anilines is 1. The summed E-state index contributed by atoms with van der Waals surface area (Å²) in [6, 6.07) is 2.49. The van der Waals surface area contributed by atoms with Gasteiger partial charge in [0.05, 0.1) is 10.7 Å². The Morgan fingerprint density at radius 3 is 2.41 bits per heavy atom. The van der Waals surface area contributed by atoms with Crippen molar-refractivity contribution in [2.75, 3.05) is 18.4 Å². The molecule has 9 heteroatoms. The Hall–Kier alpha value is -2.48. The molecular formula is C13H11ClFN3O4. The lowest BCUT2D eigenvalue weighted by Crippen LogP contribution is -2.39. The summed E-state index contributed by atoms with van der Waals surface area (Å²) in [4.78, 5) is 48.1. The molecule has 0 unspecified atom stereocenters. The van der Waals surface area contributed by atoms with E-state index < -0.39 is 36.1 Å². The van der Waals surface area contributed by atoms with Crippen molar-refractivity contribution in [2.45, 2.75) is 6.92 Å². The van der Waals surface area contributed by atoms with Crippen molar-refractivity contribution in [3.05, 3.63) is 29.0 Å². The number of rotatable bonds is 4. The normalized spacial score (nSPS) is 14.8. The predicted molar refractivity (Wildman–Crippen MR) is 74.5 cm³/mol. The number of urea groups is 1. The van der Waals surface area contributed by atoms with Crippen LogP contribution >= 0.6 is 11.6 Å². The molecule has 0 bridgehead atoms. The number of halogens is 2. The molecule has 2 rings (SSSR count). The van der Waals surface area contributed by atoms with Crippen LogP contribution in [-0.4, -0.2) is 46.6 Å². The number of carbonyl (C=O) groups is 4. The summed E-state index contributed by atoms with van der Waals surface area (Å²) in [5, 5.41) is 2.31. The van der Waals surface area contributed by atoms with Gasteiger partial charge >= 0.3 is 17.8 Å². The molecule has 0 aromatic heterocycles. The number of amides is 5. The largest absolute Gasteiger partial charge is 0.334 e. The van der Waals surface area contributed by atoms with E-state index in [0.717, 1.165) is 17.0 Å². The van der Waals surface area contributed by atoms with Gasteiger partial charge in [0.25, 0.3) is 0 Å². The van der Waals surface area contributed by atoms with E-state index in [1.54, 1.807) is 0 Å². The average Bonchev–Trinajstić information content (AvgIpc) is 2.66. The predicted octanol–water partition coefficient (Wildman–Crippen LogP) is 1.23. The van der Waals surface area contributed by atoms with E-state index in [4.69, 9.17) is 11.6 Å². The first kappa shape index (κ1) is 15.9. The van der Waals surface area contributed by atoms with Crippen molar-refractivity contribution in [2.24, 2.45) is 0 Å². The second-order valence-corrected chi connectivity index (χ2v) is 4.80. The molecule has 0 saturated carbocycles. The van der Waals surface area contributed by atoms with Gasteiger partial charge in [-0.1, -0.05) is 11.6 Å². The van der Waals surface area contributed by atoms with E-state index in [1.165, 1.54) is 13.0 Å². The highest BCUT2D eigenvalue weighted by molar-refractivity contribution is 6.45. The zero-order chi connectivity index (χ0) is 16.4. The van der Waals surface area contributed by atoms with E-state index in [1.807, 2.05) is 0 Å². The summed E-state index contributed by atoms with van der Waals surface area (Å²) in [5.41, 5.74) is 0.130. The Balaban J connectivity index is 2.08. The molecule has 0 spiro atoms. The molecular weight excluding hydrogens is 317 g/mol. The van der Waals surface area contributed by atoms with Gasteiger partial charge in [-0.2, -0.15) is 0 Å². The van der Waals surface area contributed by atoms with Crippen LogP contribution in [0.25, 0.3) is 0 Å². The van der Waals surface area contributed by atoms with Crippen molar-refractivity contribution >= 4 is 41.0 Å². The van der Waals surface area contributed by atoms with Gasteiger partial charge in [-0.15, -0.1) is 0 Å². The molecule has 0 atom stereocenters. The van der Waals surface area contributed by atoms with Crippen LogP contribution in [0.5, 0.6) is 0 Å². The number of imide groups is 2. The number of benzene rings is 1. The van der Waals surface area contributed by atoms with E-state index in [-0.39, 0.29) is 17.3 Å². The molecule has 7 nitrogen and oxygen atoms in total. The second-order valence-electron chi connectivity index (χ2n) is 4.40. The van der Waals surface area contributed by atoms with Gasteiger partial charge in [0.1, 0.15) is 12.4 Å². The number of hydrogen-bond acceptors (Lipinski definition) is 4. The van der Waals surface area contributed by atoms with E-state index in [9.17, 15) is 23.6 Å². The molecule has 1 fully saturated rings. The molecule has 1 heterocycles. The zero-order valence-corrected chi connectivity index (χ0v) is 12.2. The van der Waals surface area contributed by atoms with Gasteiger partial charge in [0, 0.05) is 6.54 Å². The van der Waals surface area contributed by atoms with Crippen LogP contribution in [0.2, 0.25) is 5.02 Å². The maximum absolute atomic E-state index is 12.9. The van der Waals surface area contributed by atoms with Gasteiger partial charge < -0.3 is 5.32 Å². The van der Waals surface area contributed by atoms with Crippen LogP contribution < -0.4 is 5.32 Å². The van der Waals surface area contributed by atoms with Crippen LogP contribution in [-0.2, 0) is 14.4 Å². The first-order valence-electron chi connectivity index (χ1n) is 6.27. The fourth-order valence-corrected chi connectivity index (χ4v) is 2.11. The Morgan fingerprint density at radius 1 is 1.23 bits per heavy atom. The van der Waals surface area contributed by atoms with E-state index >= 15 is 0 Å². The maximum atomic E-state index is 12.9. The zero-order valence-electron chi connectivity index (χ0n) is 11.4. The second kappa shape index (κ2) is 6.10. The summed E-state index contributed by atoms with van der Waals surface area (Å²) in [7, 11) is 0. The van der Waals surface area contributed by atoms with Crippen LogP contribution in [0.1, 0.15) is 6.92 Å². The van der Waals surface area contributed by atoms with Gasteiger partial charge in [-0.05, 0) is 25.1 Å². The summed E-state index contributed by atoms with van der Waals surface area (Å²) >= 11 is 5.75. The third-order valence-corrected chi connectivity index (χ3v) is 3.27. The van der Waals surface area contributed by atoms with E-state index in [2.05, 4.69) is 5.32 Å². The SMILES string of the molecule is CCN1C(=O)C(=O)N(CC(=O)Nc2ccc(F)cc2Cl)C1=O. The maximum Gasteiger partial charge on any atom is 0.334 e. The molecule has 1 aliphatic heterocycles. The van der Waals surface area contributed by atoms with Crippen molar-refractivity contribution < 1.29 is 23.6 Å². The molecule has 116 valence electrons. The standard InChI is InChI=1S/C13H11ClFN3O4/c1-2-17-11(20)12(21)18(13(17)22)6-10(19)16-9-4-3-7(15)5-8(9)14/h3-5H,2,6H2,1H3,(H,16,19). The molecule has 1 N–H and O–H groups in total. The average molecular weight is 328 g/mol. The molecule has 1 aliphatic rings. The number of likely N-dealkylation sites (N-methyl/N-ethyl adjacent to an activating group) is 1. The minimum Gasteiger partial charge on any atom is -0.323 e. The first-order chi connectivity index (χ1) is 10.3. The summed E-state index contributed by atoms with van der Waals surface area (Å²) in [5.74, 6) is -3.34. The minimum atomic E-state index is -1.06. The quantitative estimate of drug-likeness (QED) is 0.665. The highest BCUT2D eigenvalue weighted by Gasteiger charge is 2.44. The van der Waals surface area contributed by atoms with Crippen molar-refractivity contribution in [3.8, 4) is 0 Å². The molecule has 0 radical (unpaired) electrons. The highest BCUT2D eigenvalue weighted by atomic mass is 35.5. The lowest BCUT2D eigenvalue weighted by Gasteiger charge is -2.14. The summed E-state index contributed by atoms with van der Waals surface area (Å²) < 4.78 is 12.9. The minimum absolute atomic E-state index is 0.0290. The number of nitrogens with one attached hydrogen (secondary N) is 1. The Labute approximate surface area is 129 Å². The third-order valence-electron chi connectivity index (χ3n) is 2.96. The molecule has 22 heavy (non-hydrogen) atoms. The number of nitrogens with zero attached hydrogens (tertiary/aromatic N) is 2. The molecule has 5 amide bonds. The number of carbonyl (C=O) groups excluding carboxylic acids is 4. The first-order valence-corrected chi connectivity index (χ1v) is 6.65. The van der Waals surface area contributed by atoms with Crippen LogP contribution in [0.15, 0.2) is 18.2 Å². The van der Waals surface area contributed by atoms with Crippen LogP contribution in [0.4, 0.5) is 14.9 Å². The Bertz CT molecular complexity index is 679. The van der Waals surface area contributed by atoms with Crippen molar-refractivity contribution in [1.82, 2.24) is 9.80 Å². The molecule has 1 saturated heterocycles. The van der Waals surface area contributed by atoms with Crippen LogP contribution in [0, 0.1) is 5.82 Å². The molecule has 0 aliphatic carbocycles. The van der Waals surface area contributed by atoms with Gasteiger partial charge in [-0.3, -0.25) is 19.3 Å². The summed E-state index contributed by atoms with van der Waals surface area (Å²) in [6.45, 7) is 0.934. The topological polar surface area (TPSA) is 86.8 Å². The van der Waals surface area contributed by atoms with Gasteiger partial charge in [0.2, 0.25) is 5.91 Å². The Kier molecular flexibility index (Phi) is 4.41. The van der Waals surface area contributed by atoms with E-state index in [0.29, 0.717) is 4.90 Å². The van der Waals surface area contributed by atoms with Gasteiger partial charge in [0.15, 0.2) is 0 Å². The summed E-state index contributed by atoms with van der Waals surface area (Å²) in [6.07, 6.45) is 0. The lowest BCUT2D eigenvalue weighted by atomic mass is 10.3. The monoisotopic (exact) mass is 327 g/mol. The molecule has 1 aromatic carbocycles. The Morgan fingerprint density at radius 2 is 1.86 bits per heavy atom. The fourth-order valence-electron chi connectivity index (χ4n) is 1.89. The highest BCUT2D eigenvalue weighted by Crippen LogP contribution is 2.22. The van der Waals surface area contributed by atoms with Gasteiger partial charge in [-0.25, -0.2) is 14.1 Å². The van der Waals surface area contributed by atoms with Crippen molar-refractivity contribution in [1.29, 1.82) is 0 Å². The number of hydrogen-bond donors (Lipinski definition) is 1.